The van der Waals surface area contributed by atoms with Gasteiger partial charge < -0.3 is 4.74 Å². The van der Waals surface area contributed by atoms with E-state index in [1.165, 1.54) is 84.2 Å². The minimum atomic E-state index is 0.0112. The van der Waals surface area contributed by atoms with Crippen molar-refractivity contribution in [2.45, 2.75) is 104 Å². The third-order valence-corrected chi connectivity index (χ3v) is 4.35. The molecule has 0 bridgehead atoms. The van der Waals surface area contributed by atoms with Crippen LogP contribution in [-0.4, -0.2) is 13.1 Å². The van der Waals surface area contributed by atoms with E-state index in [0.29, 0.717) is 0 Å². The first kappa shape index (κ1) is 20.5. The lowest BCUT2D eigenvalue weighted by molar-refractivity contribution is -0.146. The summed E-state index contributed by atoms with van der Waals surface area (Å²) in [6.07, 6.45) is 17.5. The standard InChI is InChI=1S/C19H38O2/c1-4-6-8-10-12-14-16-18(19(20)21-3)17-15-13-11-9-7-5-2/h18H,4-17H2,1-3H3. The van der Waals surface area contributed by atoms with Gasteiger partial charge in [0.05, 0.1) is 13.0 Å². The van der Waals surface area contributed by atoms with Gasteiger partial charge in [-0.05, 0) is 12.8 Å². The fourth-order valence-electron chi connectivity index (χ4n) is 2.89. The van der Waals surface area contributed by atoms with Gasteiger partial charge in [0.15, 0.2) is 0 Å². The van der Waals surface area contributed by atoms with E-state index in [2.05, 4.69) is 13.8 Å². The summed E-state index contributed by atoms with van der Waals surface area (Å²) in [5.41, 5.74) is 0. The van der Waals surface area contributed by atoms with Crippen LogP contribution in [-0.2, 0) is 9.53 Å². The topological polar surface area (TPSA) is 26.3 Å². The monoisotopic (exact) mass is 298 g/mol. The molecule has 0 saturated carbocycles. The van der Waals surface area contributed by atoms with Gasteiger partial charge in [-0.1, -0.05) is 90.9 Å². The van der Waals surface area contributed by atoms with Crippen molar-refractivity contribution in [1.82, 2.24) is 0 Å². The van der Waals surface area contributed by atoms with E-state index < -0.39 is 0 Å². The van der Waals surface area contributed by atoms with Gasteiger partial charge in [0.2, 0.25) is 0 Å². The molecular weight excluding hydrogens is 260 g/mol. The fraction of sp³-hybridized carbons (Fsp3) is 0.947. The Bertz CT molecular complexity index is 210. The van der Waals surface area contributed by atoms with Crippen molar-refractivity contribution in [2.24, 2.45) is 5.92 Å². The molecule has 0 saturated heterocycles. The van der Waals surface area contributed by atoms with Gasteiger partial charge in [-0.3, -0.25) is 4.79 Å². The second-order valence-corrected chi connectivity index (χ2v) is 6.33. The Hall–Kier alpha value is -0.530. The van der Waals surface area contributed by atoms with Crippen molar-refractivity contribution in [3.05, 3.63) is 0 Å². The van der Waals surface area contributed by atoms with E-state index in [0.717, 1.165) is 12.8 Å². The molecule has 0 aromatic rings. The molecule has 0 heterocycles. The summed E-state index contributed by atoms with van der Waals surface area (Å²) >= 11 is 0. The summed E-state index contributed by atoms with van der Waals surface area (Å²) in [4.78, 5) is 11.8. The van der Waals surface area contributed by atoms with Crippen LogP contribution < -0.4 is 0 Å². The lowest BCUT2D eigenvalue weighted by Crippen LogP contribution is -2.16. The average molecular weight is 299 g/mol. The van der Waals surface area contributed by atoms with Crippen molar-refractivity contribution in [2.75, 3.05) is 7.11 Å². The number of hydrogen-bond donors (Lipinski definition) is 0. The summed E-state index contributed by atoms with van der Waals surface area (Å²) in [6.45, 7) is 4.49. The number of methoxy groups -OCH3 is 1. The van der Waals surface area contributed by atoms with E-state index in [-0.39, 0.29) is 11.9 Å². The molecule has 0 aliphatic rings. The minimum absolute atomic E-state index is 0.0112. The number of rotatable bonds is 15. The molecule has 0 aromatic carbocycles. The van der Waals surface area contributed by atoms with Crippen molar-refractivity contribution >= 4 is 5.97 Å². The number of ether oxygens (including phenoxy) is 1. The molecule has 0 unspecified atom stereocenters. The van der Waals surface area contributed by atoms with E-state index in [1.54, 1.807) is 0 Å². The molecule has 126 valence electrons. The highest BCUT2D eigenvalue weighted by atomic mass is 16.5. The molecule has 0 radical (unpaired) electrons. The quantitative estimate of drug-likeness (QED) is 0.263. The van der Waals surface area contributed by atoms with Crippen molar-refractivity contribution in [1.29, 1.82) is 0 Å². The molecule has 0 aromatic heterocycles. The first-order valence-electron chi connectivity index (χ1n) is 9.34. The van der Waals surface area contributed by atoms with Crippen LogP contribution in [0.2, 0.25) is 0 Å². The number of carbonyl (C=O) groups excluding carboxylic acids is 1. The molecule has 0 spiro atoms. The maximum atomic E-state index is 11.8. The van der Waals surface area contributed by atoms with Crippen molar-refractivity contribution < 1.29 is 9.53 Å². The Morgan fingerprint density at radius 1 is 0.714 bits per heavy atom. The predicted molar refractivity (Wildman–Crippen MR) is 91.5 cm³/mol. The first-order chi connectivity index (χ1) is 10.3. The van der Waals surface area contributed by atoms with E-state index in [1.807, 2.05) is 0 Å². The summed E-state index contributed by atoms with van der Waals surface area (Å²) in [5, 5.41) is 0. The smallest absolute Gasteiger partial charge is 0.308 e. The van der Waals surface area contributed by atoms with Gasteiger partial charge in [-0.25, -0.2) is 0 Å². The molecule has 0 aliphatic heterocycles. The highest BCUT2D eigenvalue weighted by Gasteiger charge is 2.17. The second-order valence-electron chi connectivity index (χ2n) is 6.33. The number of carbonyl (C=O) groups is 1. The van der Waals surface area contributed by atoms with Crippen LogP contribution in [0.4, 0.5) is 0 Å². The second kappa shape index (κ2) is 15.9. The Morgan fingerprint density at radius 2 is 1.10 bits per heavy atom. The van der Waals surface area contributed by atoms with E-state index in [9.17, 15) is 4.79 Å². The summed E-state index contributed by atoms with van der Waals surface area (Å²) in [7, 11) is 1.53. The van der Waals surface area contributed by atoms with Gasteiger partial charge in [-0.15, -0.1) is 0 Å². The average Bonchev–Trinajstić information content (AvgIpc) is 2.51. The molecule has 0 atom stereocenters. The van der Waals surface area contributed by atoms with Gasteiger partial charge in [0.1, 0.15) is 0 Å². The minimum Gasteiger partial charge on any atom is -0.469 e. The summed E-state index contributed by atoms with van der Waals surface area (Å²) < 4.78 is 4.96. The predicted octanol–water partition coefficient (Wildman–Crippen LogP) is 6.28. The van der Waals surface area contributed by atoms with Crippen molar-refractivity contribution in [3.8, 4) is 0 Å². The Morgan fingerprint density at radius 3 is 1.48 bits per heavy atom. The highest BCUT2D eigenvalue weighted by molar-refractivity contribution is 5.72. The van der Waals surface area contributed by atoms with E-state index >= 15 is 0 Å². The largest absolute Gasteiger partial charge is 0.469 e. The SMILES string of the molecule is CCCCCCCCC(CCCCCCCC)C(=O)OC. The summed E-state index contributed by atoms with van der Waals surface area (Å²) in [5.74, 6) is 0.157. The van der Waals surface area contributed by atoms with Gasteiger partial charge in [0.25, 0.3) is 0 Å². The third-order valence-electron chi connectivity index (χ3n) is 4.35. The Balaban J connectivity index is 3.70. The van der Waals surface area contributed by atoms with Gasteiger partial charge >= 0.3 is 5.97 Å². The number of hydrogen-bond acceptors (Lipinski definition) is 2. The Kier molecular flexibility index (Phi) is 15.5. The number of unbranched alkanes of at least 4 members (excludes halogenated alkanes) is 10. The molecule has 0 N–H and O–H groups in total. The zero-order valence-corrected chi connectivity index (χ0v) is 14.8. The van der Waals surface area contributed by atoms with Crippen LogP contribution in [0.5, 0.6) is 0 Å². The van der Waals surface area contributed by atoms with Crippen LogP contribution in [0.3, 0.4) is 0 Å². The molecule has 0 amide bonds. The van der Waals surface area contributed by atoms with Crippen LogP contribution in [0.1, 0.15) is 104 Å². The summed E-state index contributed by atoms with van der Waals surface area (Å²) in [6, 6.07) is 0. The van der Waals surface area contributed by atoms with Crippen LogP contribution in [0, 0.1) is 5.92 Å². The van der Waals surface area contributed by atoms with Crippen LogP contribution >= 0.6 is 0 Å². The van der Waals surface area contributed by atoms with Crippen LogP contribution in [0.25, 0.3) is 0 Å². The van der Waals surface area contributed by atoms with Gasteiger partial charge in [0, 0.05) is 0 Å². The molecule has 2 heteroatoms. The molecular formula is C19H38O2. The highest BCUT2D eigenvalue weighted by Crippen LogP contribution is 2.20. The first-order valence-corrected chi connectivity index (χ1v) is 9.34. The number of esters is 1. The molecule has 0 aliphatic carbocycles. The third kappa shape index (κ3) is 12.9. The maximum absolute atomic E-state index is 11.8. The van der Waals surface area contributed by atoms with Crippen LogP contribution in [0.15, 0.2) is 0 Å². The zero-order valence-electron chi connectivity index (χ0n) is 14.8. The maximum Gasteiger partial charge on any atom is 0.308 e. The van der Waals surface area contributed by atoms with Crippen molar-refractivity contribution in [3.63, 3.8) is 0 Å². The Labute approximate surface area is 133 Å². The lowest BCUT2D eigenvalue weighted by Gasteiger charge is -2.14. The molecule has 0 rings (SSSR count). The van der Waals surface area contributed by atoms with Gasteiger partial charge in [-0.2, -0.15) is 0 Å². The molecule has 2 nitrogen and oxygen atoms in total. The molecule has 21 heavy (non-hydrogen) atoms. The zero-order chi connectivity index (χ0) is 15.8. The normalized spacial score (nSPS) is 11.0. The fourth-order valence-corrected chi connectivity index (χ4v) is 2.89. The van der Waals surface area contributed by atoms with E-state index in [4.69, 9.17) is 4.74 Å². The molecule has 0 fully saturated rings. The lowest BCUT2D eigenvalue weighted by atomic mass is 9.94.